The molecular formula is C19H11Cl3F3N3O2. The summed E-state index contributed by atoms with van der Waals surface area (Å²) in [7, 11) is 0. The van der Waals surface area contributed by atoms with E-state index < -0.39 is 24.1 Å². The molecule has 1 aliphatic rings. The Hall–Kier alpha value is -2.42. The summed E-state index contributed by atoms with van der Waals surface area (Å²) in [6.07, 6.45) is -3.95. The Labute approximate surface area is 182 Å². The molecule has 5 nitrogen and oxygen atoms in total. The van der Waals surface area contributed by atoms with E-state index in [4.69, 9.17) is 45.4 Å². The number of fused-ring (bicyclic) bond motifs is 1. The number of rotatable bonds is 3. The lowest BCUT2D eigenvalue weighted by Crippen LogP contribution is -2.42. The van der Waals surface area contributed by atoms with Crippen molar-refractivity contribution in [2.24, 2.45) is 10.9 Å². The van der Waals surface area contributed by atoms with E-state index >= 15 is 0 Å². The Morgan fingerprint density at radius 2 is 1.83 bits per heavy atom. The Balaban J connectivity index is 1.81. The van der Waals surface area contributed by atoms with E-state index in [2.05, 4.69) is 5.16 Å². The SMILES string of the molecule is NC(=O)c1cccc2c(C3=NOC(c4cc(Cl)c(Cl)c(Cl)c4)(C(F)(F)F)C3)ccn12. The standard InChI is InChI=1S/C19H11Cl3F3N3O2/c20-11-6-9(7-12(21)16(11)22)18(19(23,24)25)8-13(27-30-18)10-4-5-28-14(10)2-1-3-15(28)17(26)29/h1-7H,8H2,(H2,26,29). The summed E-state index contributed by atoms with van der Waals surface area (Å²) in [5, 5.41) is 3.39. The van der Waals surface area contributed by atoms with E-state index in [9.17, 15) is 18.0 Å². The highest BCUT2D eigenvalue weighted by Crippen LogP contribution is 2.50. The van der Waals surface area contributed by atoms with Gasteiger partial charge >= 0.3 is 6.18 Å². The van der Waals surface area contributed by atoms with Gasteiger partial charge in [-0.3, -0.25) is 4.79 Å². The highest BCUT2D eigenvalue weighted by molar-refractivity contribution is 6.48. The fraction of sp³-hybridized carbons (Fsp3) is 0.158. The average Bonchev–Trinajstić information content (AvgIpc) is 3.29. The van der Waals surface area contributed by atoms with E-state index in [-0.39, 0.29) is 32.0 Å². The summed E-state index contributed by atoms with van der Waals surface area (Å²) in [4.78, 5) is 16.6. The largest absolute Gasteiger partial charge is 0.435 e. The van der Waals surface area contributed by atoms with Crippen LogP contribution in [0, 0.1) is 0 Å². The minimum absolute atomic E-state index is 0.0404. The van der Waals surface area contributed by atoms with E-state index in [1.807, 2.05) is 0 Å². The maximum atomic E-state index is 14.2. The first kappa shape index (κ1) is 20.8. The number of carbonyl (C=O) groups excluding carboxylic acids is 1. The monoisotopic (exact) mass is 475 g/mol. The normalized spacial score (nSPS) is 19.1. The van der Waals surface area contributed by atoms with Gasteiger partial charge in [0.15, 0.2) is 0 Å². The lowest BCUT2D eigenvalue weighted by atomic mass is 9.86. The van der Waals surface area contributed by atoms with Gasteiger partial charge in [0, 0.05) is 17.3 Å². The van der Waals surface area contributed by atoms with Crippen molar-refractivity contribution in [3.05, 3.63) is 74.5 Å². The van der Waals surface area contributed by atoms with E-state index in [0.717, 1.165) is 12.1 Å². The zero-order valence-electron chi connectivity index (χ0n) is 14.8. The Morgan fingerprint density at radius 1 is 1.17 bits per heavy atom. The number of benzene rings is 1. The molecule has 0 spiro atoms. The molecule has 0 saturated carbocycles. The predicted octanol–water partition coefficient (Wildman–Crippen LogP) is 5.58. The first-order chi connectivity index (χ1) is 14.0. The molecule has 2 N–H and O–H groups in total. The second-order valence-corrected chi connectivity index (χ2v) is 7.84. The molecule has 2 aromatic heterocycles. The van der Waals surface area contributed by atoms with Crippen molar-refractivity contribution >= 4 is 51.9 Å². The van der Waals surface area contributed by atoms with Gasteiger partial charge in [0.05, 0.1) is 32.7 Å². The smallest absolute Gasteiger partial charge is 0.374 e. The fourth-order valence-corrected chi connectivity index (χ4v) is 4.01. The number of halogens is 6. The van der Waals surface area contributed by atoms with Gasteiger partial charge in [0.1, 0.15) is 5.69 Å². The molecular weight excluding hydrogens is 466 g/mol. The molecule has 1 unspecified atom stereocenters. The molecule has 11 heteroatoms. The lowest BCUT2D eigenvalue weighted by Gasteiger charge is -2.29. The van der Waals surface area contributed by atoms with Gasteiger partial charge in [-0.25, -0.2) is 0 Å². The summed E-state index contributed by atoms with van der Waals surface area (Å²) in [5.74, 6) is -0.678. The van der Waals surface area contributed by atoms with Crippen molar-refractivity contribution in [3.63, 3.8) is 0 Å². The maximum absolute atomic E-state index is 14.2. The van der Waals surface area contributed by atoms with Gasteiger partial charge in [-0.1, -0.05) is 46.0 Å². The topological polar surface area (TPSA) is 69.1 Å². The third-order valence-corrected chi connectivity index (χ3v) is 6.09. The van der Waals surface area contributed by atoms with Crippen molar-refractivity contribution < 1.29 is 22.8 Å². The van der Waals surface area contributed by atoms with Crippen LogP contribution in [0.25, 0.3) is 5.52 Å². The number of nitrogens with zero attached hydrogens (tertiary/aromatic N) is 2. The van der Waals surface area contributed by atoms with E-state index in [1.165, 1.54) is 22.7 Å². The highest BCUT2D eigenvalue weighted by Gasteiger charge is 2.62. The van der Waals surface area contributed by atoms with Crippen molar-refractivity contribution in [1.29, 1.82) is 0 Å². The first-order valence-electron chi connectivity index (χ1n) is 8.42. The number of primary amides is 1. The molecule has 0 radical (unpaired) electrons. The number of carbonyl (C=O) groups is 1. The van der Waals surface area contributed by atoms with Crippen LogP contribution in [0.5, 0.6) is 0 Å². The molecule has 3 aromatic rings. The van der Waals surface area contributed by atoms with E-state index in [0.29, 0.717) is 11.1 Å². The van der Waals surface area contributed by atoms with Gasteiger partial charge in [-0.15, -0.1) is 0 Å². The first-order valence-corrected chi connectivity index (χ1v) is 9.55. The third-order valence-electron chi connectivity index (χ3n) is 4.89. The molecule has 0 bridgehead atoms. The number of amides is 1. The molecule has 0 aliphatic carbocycles. The Morgan fingerprint density at radius 3 is 2.43 bits per heavy atom. The van der Waals surface area contributed by atoms with Crippen LogP contribution in [0.4, 0.5) is 13.2 Å². The number of alkyl halides is 3. The van der Waals surface area contributed by atoms with Crippen LogP contribution in [0.3, 0.4) is 0 Å². The van der Waals surface area contributed by atoms with Crippen LogP contribution < -0.4 is 5.73 Å². The lowest BCUT2D eigenvalue weighted by molar-refractivity contribution is -0.275. The number of oxime groups is 1. The zero-order chi connectivity index (χ0) is 21.8. The average molecular weight is 477 g/mol. The van der Waals surface area contributed by atoms with Crippen molar-refractivity contribution in [2.75, 3.05) is 0 Å². The molecule has 0 fully saturated rings. The van der Waals surface area contributed by atoms with Crippen LogP contribution in [-0.4, -0.2) is 22.2 Å². The molecule has 1 atom stereocenters. The van der Waals surface area contributed by atoms with Crippen molar-refractivity contribution in [2.45, 2.75) is 18.2 Å². The molecule has 1 aliphatic heterocycles. The Bertz CT molecular complexity index is 1200. The van der Waals surface area contributed by atoms with Crippen LogP contribution in [0.1, 0.15) is 28.0 Å². The second kappa shape index (κ2) is 7.08. The molecule has 1 amide bonds. The molecule has 30 heavy (non-hydrogen) atoms. The van der Waals surface area contributed by atoms with E-state index in [1.54, 1.807) is 12.1 Å². The number of pyridine rings is 1. The van der Waals surface area contributed by atoms with Crippen LogP contribution in [0.15, 0.2) is 47.8 Å². The highest BCUT2D eigenvalue weighted by atomic mass is 35.5. The predicted molar refractivity (Wildman–Crippen MR) is 107 cm³/mol. The molecule has 156 valence electrons. The minimum Gasteiger partial charge on any atom is -0.374 e. The van der Waals surface area contributed by atoms with Gasteiger partial charge < -0.3 is 15.0 Å². The van der Waals surface area contributed by atoms with Crippen molar-refractivity contribution in [3.8, 4) is 0 Å². The minimum atomic E-state index is -4.84. The van der Waals surface area contributed by atoms with Crippen LogP contribution in [-0.2, 0) is 10.4 Å². The number of hydrogen-bond acceptors (Lipinski definition) is 3. The molecule has 4 rings (SSSR count). The van der Waals surface area contributed by atoms with Gasteiger partial charge in [0.25, 0.3) is 11.5 Å². The summed E-state index contributed by atoms with van der Waals surface area (Å²) >= 11 is 17.8. The summed E-state index contributed by atoms with van der Waals surface area (Å²) in [5.41, 5.74) is 3.29. The molecule has 1 aromatic carbocycles. The van der Waals surface area contributed by atoms with Crippen LogP contribution >= 0.6 is 34.8 Å². The molecule has 3 heterocycles. The van der Waals surface area contributed by atoms with Gasteiger partial charge in [0.2, 0.25) is 0 Å². The fourth-order valence-electron chi connectivity index (χ4n) is 3.42. The Kier molecular flexibility index (Phi) is 4.91. The second-order valence-electron chi connectivity index (χ2n) is 6.64. The van der Waals surface area contributed by atoms with Gasteiger partial charge in [-0.05, 0) is 30.3 Å². The summed E-state index contributed by atoms with van der Waals surface area (Å²) in [6.45, 7) is 0. The third kappa shape index (κ3) is 3.10. The van der Waals surface area contributed by atoms with Gasteiger partial charge in [-0.2, -0.15) is 13.2 Å². The number of aromatic nitrogens is 1. The maximum Gasteiger partial charge on any atom is 0.435 e. The molecule has 0 saturated heterocycles. The van der Waals surface area contributed by atoms with Crippen LogP contribution in [0.2, 0.25) is 15.1 Å². The number of hydrogen-bond donors (Lipinski definition) is 1. The summed E-state index contributed by atoms with van der Waals surface area (Å²) < 4.78 is 44.0. The number of nitrogens with two attached hydrogens (primary N) is 1. The quantitative estimate of drug-likeness (QED) is 0.501. The summed E-state index contributed by atoms with van der Waals surface area (Å²) in [6, 6.07) is 8.37. The van der Waals surface area contributed by atoms with Crippen molar-refractivity contribution in [1.82, 2.24) is 4.40 Å². The zero-order valence-corrected chi connectivity index (χ0v) is 17.1.